The van der Waals surface area contributed by atoms with Crippen molar-refractivity contribution in [3.05, 3.63) is 12.7 Å². The van der Waals surface area contributed by atoms with Crippen LogP contribution in [0, 0.1) is 0 Å². The number of fused-ring (bicyclic) bond motifs is 1. The maximum atomic E-state index is 10.8. The number of hydrogen-bond acceptors (Lipinski definition) is 11. The highest BCUT2D eigenvalue weighted by atomic mass is 32.2. The molecule has 2 aromatic heterocycles. The predicted octanol–water partition coefficient (Wildman–Crippen LogP) is -0.657. The highest BCUT2D eigenvalue weighted by Gasteiger charge is 2.48. The van der Waals surface area contributed by atoms with E-state index in [-0.39, 0.29) is 12.0 Å². The Bertz CT molecular complexity index is 865. The van der Waals surface area contributed by atoms with E-state index in [0.29, 0.717) is 23.5 Å². The van der Waals surface area contributed by atoms with E-state index in [0.717, 1.165) is 6.42 Å². The topological polar surface area (TPSA) is 192 Å². The number of phosphoric acid groups is 1. The second-order valence-electron chi connectivity index (χ2n) is 6.00. The summed E-state index contributed by atoms with van der Waals surface area (Å²) in [5.41, 5.74) is -0.906. The van der Waals surface area contributed by atoms with E-state index < -0.39 is 37.8 Å². The van der Waals surface area contributed by atoms with Gasteiger partial charge in [0.15, 0.2) is 28.6 Å². The van der Waals surface area contributed by atoms with Crippen LogP contribution in [0.4, 0.5) is 5.82 Å². The third-order valence-corrected chi connectivity index (χ3v) is 5.56. The van der Waals surface area contributed by atoms with Crippen LogP contribution in [0.25, 0.3) is 11.2 Å². The summed E-state index contributed by atoms with van der Waals surface area (Å²) >= 11 is 0.0366. The Morgan fingerprint density at radius 2 is 2.11 bits per heavy atom. The van der Waals surface area contributed by atoms with Crippen molar-refractivity contribution in [2.45, 2.75) is 43.3 Å². The third-order valence-electron chi connectivity index (χ3n) is 3.97. The number of nitrogens with one attached hydrogen (secondary N) is 1. The third kappa shape index (κ3) is 4.45. The molecule has 13 nitrogen and oxygen atoms in total. The summed E-state index contributed by atoms with van der Waals surface area (Å²) in [6.45, 7) is 2.67. The van der Waals surface area contributed by atoms with Gasteiger partial charge in [-0.1, -0.05) is 6.92 Å². The van der Waals surface area contributed by atoms with Crippen molar-refractivity contribution in [2.24, 2.45) is 0 Å². The summed E-state index contributed by atoms with van der Waals surface area (Å²) in [7, 11) is -4.84. The van der Waals surface area contributed by atoms with Crippen molar-refractivity contribution in [2.75, 3.05) is 11.9 Å². The molecule has 0 radical (unpaired) electrons. The summed E-state index contributed by atoms with van der Waals surface area (Å²) in [5, 5.41) is 33.7. The molecule has 3 rings (SSSR count). The van der Waals surface area contributed by atoms with E-state index in [1.807, 2.05) is 6.92 Å². The summed E-state index contributed by atoms with van der Waals surface area (Å²) in [5.74, 6) is 0.501. The van der Waals surface area contributed by atoms with E-state index in [1.165, 1.54) is 17.2 Å². The van der Waals surface area contributed by atoms with Gasteiger partial charge in [-0.3, -0.25) is 4.57 Å². The van der Waals surface area contributed by atoms with Crippen molar-refractivity contribution < 1.29 is 38.4 Å². The van der Waals surface area contributed by atoms with Gasteiger partial charge in [-0.05, 0) is 6.42 Å². The minimum absolute atomic E-state index is 0.0366. The van der Waals surface area contributed by atoms with Gasteiger partial charge in [0, 0.05) is 18.6 Å². The molecule has 5 atom stereocenters. The van der Waals surface area contributed by atoms with Crippen LogP contribution in [0.1, 0.15) is 19.6 Å². The molecule has 0 aromatic carbocycles. The van der Waals surface area contributed by atoms with Crippen molar-refractivity contribution >= 4 is 36.8 Å². The Labute approximate surface area is 163 Å². The van der Waals surface area contributed by atoms with Crippen molar-refractivity contribution in [1.82, 2.24) is 19.5 Å². The number of hydrogen-bond donors (Lipinski definition) is 6. The number of imidazole rings is 1. The number of aliphatic hydroxyl groups is 3. The van der Waals surface area contributed by atoms with Gasteiger partial charge >= 0.3 is 7.82 Å². The molecular weight excluding hydrogens is 417 g/mol. The minimum atomic E-state index is -4.84. The molecule has 1 saturated heterocycles. The molecule has 15 heteroatoms. The van der Waals surface area contributed by atoms with Crippen LogP contribution in [-0.4, -0.2) is 74.9 Å². The molecular formula is C13H20N5O8PS. The van der Waals surface area contributed by atoms with Crippen LogP contribution < -0.4 is 5.32 Å². The first kappa shape index (κ1) is 21.4. The molecule has 0 saturated carbocycles. The average Bonchev–Trinajstić information content (AvgIpc) is 3.19. The van der Waals surface area contributed by atoms with Crippen molar-refractivity contribution in [3.8, 4) is 0 Å². The van der Waals surface area contributed by atoms with Crippen LogP contribution in [0.15, 0.2) is 12.7 Å². The Balaban J connectivity index is 1.81. The fourth-order valence-electron chi connectivity index (χ4n) is 2.72. The highest BCUT2D eigenvalue weighted by molar-refractivity contribution is 7.98. The summed E-state index contributed by atoms with van der Waals surface area (Å²) in [4.78, 5) is 29.9. The van der Waals surface area contributed by atoms with E-state index in [2.05, 4.69) is 24.2 Å². The number of rotatable bonds is 8. The zero-order valence-corrected chi connectivity index (χ0v) is 16.3. The average molecular weight is 437 g/mol. The maximum Gasteiger partial charge on any atom is 0.480 e. The fourth-order valence-corrected chi connectivity index (χ4v) is 3.85. The summed E-state index contributed by atoms with van der Waals surface area (Å²) in [6.07, 6.45) is -2.01. The van der Waals surface area contributed by atoms with Crippen molar-refractivity contribution in [3.63, 3.8) is 0 Å². The molecule has 2 aromatic rings. The second kappa shape index (κ2) is 8.57. The Morgan fingerprint density at radius 1 is 1.36 bits per heavy atom. The fraction of sp³-hybridized carbons (Fsp3) is 0.615. The zero-order valence-electron chi connectivity index (χ0n) is 14.6. The molecule has 28 heavy (non-hydrogen) atoms. The standard InChI is InChI=1S/C13H20N5O8PS/c1-2-3-14-10-6-11(16-4-15-10)18(5-17-6)12-8(20)7(19)9(25-12)13(21)28-26-27(22,23)24/h4-5,7-9,12-13,19-21H,2-3H2,1H3,(H,14,15,16)(H2,22,23,24)/t7-,8+,9-,12+,13?/m0/s1. The van der Waals surface area contributed by atoms with Gasteiger partial charge in [0.1, 0.15) is 24.6 Å². The molecule has 156 valence electrons. The maximum absolute atomic E-state index is 10.8. The summed E-state index contributed by atoms with van der Waals surface area (Å²) in [6, 6.07) is 0. The van der Waals surface area contributed by atoms with Gasteiger partial charge < -0.3 is 35.2 Å². The van der Waals surface area contributed by atoms with Crippen LogP contribution in [0.5, 0.6) is 0 Å². The van der Waals surface area contributed by atoms with E-state index in [4.69, 9.17) is 14.5 Å². The molecule has 0 bridgehead atoms. The van der Waals surface area contributed by atoms with Crippen molar-refractivity contribution in [1.29, 1.82) is 0 Å². The first-order valence-corrected chi connectivity index (χ1v) is 10.6. The summed E-state index contributed by atoms with van der Waals surface area (Å²) < 4.78 is 21.8. The minimum Gasteiger partial charge on any atom is -0.387 e. The lowest BCUT2D eigenvalue weighted by Gasteiger charge is -2.19. The number of aromatic nitrogens is 4. The molecule has 1 fully saturated rings. The predicted molar refractivity (Wildman–Crippen MR) is 96.8 cm³/mol. The Hall–Kier alpha value is -1.35. The Morgan fingerprint density at radius 3 is 2.79 bits per heavy atom. The second-order valence-corrected chi connectivity index (χ2v) is 8.25. The molecule has 1 unspecified atom stereocenters. The largest absolute Gasteiger partial charge is 0.480 e. The smallest absolute Gasteiger partial charge is 0.387 e. The quantitative estimate of drug-likeness (QED) is 0.173. The normalized spacial score (nSPS) is 26.6. The van der Waals surface area contributed by atoms with Crippen LogP contribution >= 0.6 is 19.9 Å². The number of ether oxygens (including phenoxy) is 1. The van der Waals surface area contributed by atoms with Crippen LogP contribution in [-0.2, 0) is 13.3 Å². The first-order chi connectivity index (χ1) is 13.2. The lowest BCUT2D eigenvalue weighted by Crippen LogP contribution is -2.37. The van der Waals surface area contributed by atoms with Crippen LogP contribution in [0.2, 0.25) is 0 Å². The molecule has 1 aliphatic heterocycles. The molecule has 1 aliphatic rings. The van der Waals surface area contributed by atoms with Gasteiger partial charge in [-0.15, -0.1) is 0 Å². The number of nitrogens with zero attached hydrogens (tertiary/aromatic N) is 4. The molecule has 0 aliphatic carbocycles. The van der Waals surface area contributed by atoms with Gasteiger partial charge in [0.25, 0.3) is 0 Å². The highest BCUT2D eigenvalue weighted by Crippen LogP contribution is 2.44. The van der Waals surface area contributed by atoms with Crippen LogP contribution in [0.3, 0.4) is 0 Å². The number of aliphatic hydroxyl groups excluding tert-OH is 3. The number of anilines is 1. The van der Waals surface area contributed by atoms with E-state index in [1.54, 1.807) is 0 Å². The van der Waals surface area contributed by atoms with Gasteiger partial charge in [0.2, 0.25) is 0 Å². The van der Waals surface area contributed by atoms with Gasteiger partial charge in [-0.25, -0.2) is 23.5 Å². The lowest BCUT2D eigenvalue weighted by atomic mass is 10.1. The Kier molecular flexibility index (Phi) is 6.54. The van der Waals surface area contributed by atoms with Gasteiger partial charge in [-0.2, -0.15) is 0 Å². The van der Waals surface area contributed by atoms with E-state index in [9.17, 15) is 19.9 Å². The molecule has 0 spiro atoms. The monoisotopic (exact) mass is 437 g/mol. The van der Waals surface area contributed by atoms with E-state index >= 15 is 0 Å². The SMILES string of the molecule is CCCNc1ncnc2c1ncn2[C@@H]1O[C@H](C(O)SOP(=O)(O)O)[C@@H](O)[C@H]1O. The molecule has 0 amide bonds. The molecule has 6 N–H and O–H groups in total. The molecule has 3 heterocycles. The van der Waals surface area contributed by atoms with Gasteiger partial charge in [0.05, 0.1) is 6.33 Å². The first-order valence-electron chi connectivity index (χ1n) is 8.24. The lowest BCUT2D eigenvalue weighted by molar-refractivity contribution is -0.0603. The zero-order chi connectivity index (χ0) is 20.5.